The number of hydrogen-bond donors (Lipinski definition) is 2. The molecule has 0 radical (unpaired) electrons. The predicted molar refractivity (Wildman–Crippen MR) is 103 cm³/mol. The average molecular weight is 381 g/mol. The number of ether oxygens (including phenoxy) is 3. The van der Waals surface area contributed by atoms with E-state index < -0.39 is 12.4 Å². The molecule has 1 aromatic heterocycles. The molecule has 0 spiro atoms. The van der Waals surface area contributed by atoms with Gasteiger partial charge in [-0.1, -0.05) is 24.3 Å². The number of hydrogen-bond acceptors (Lipinski definition) is 6. The van der Waals surface area contributed by atoms with E-state index in [1.165, 1.54) is 0 Å². The largest absolute Gasteiger partial charge is 0.497 e. The fraction of sp³-hybridized carbons (Fsp3) is 0.381. The van der Waals surface area contributed by atoms with Crippen molar-refractivity contribution < 1.29 is 19.3 Å². The van der Waals surface area contributed by atoms with Crippen LogP contribution in [-0.4, -0.2) is 52.9 Å². The molecule has 0 saturated carbocycles. The third kappa shape index (κ3) is 2.97. The van der Waals surface area contributed by atoms with Crippen LogP contribution in [0.5, 0.6) is 5.75 Å². The molecule has 2 fully saturated rings. The van der Waals surface area contributed by atoms with Gasteiger partial charge in [-0.3, -0.25) is 0 Å². The zero-order valence-corrected chi connectivity index (χ0v) is 15.6. The van der Waals surface area contributed by atoms with E-state index in [2.05, 4.69) is 10.3 Å². The van der Waals surface area contributed by atoms with Crippen LogP contribution in [0.25, 0.3) is 11.0 Å². The van der Waals surface area contributed by atoms with Crippen molar-refractivity contribution >= 4 is 11.0 Å². The summed E-state index contributed by atoms with van der Waals surface area (Å²) in [5.74, 6) is 0.823. The Labute approximate surface area is 162 Å². The maximum Gasteiger partial charge on any atom is 0.181 e. The van der Waals surface area contributed by atoms with Gasteiger partial charge in [-0.15, -0.1) is 0 Å². The van der Waals surface area contributed by atoms with Crippen molar-refractivity contribution in [2.75, 3.05) is 13.7 Å². The summed E-state index contributed by atoms with van der Waals surface area (Å²) in [5.41, 5.74) is 2.95. The number of aromatic nitrogens is 2. The number of nitrogens with zero attached hydrogens (tertiary/aromatic N) is 2. The highest BCUT2D eigenvalue weighted by atomic mass is 16.7. The third-order valence-electron chi connectivity index (χ3n) is 5.63. The molecule has 7 nitrogen and oxygen atoms in total. The van der Waals surface area contributed by atoms with Gasteiger partial charge in [0, 0.05) is 6.54 Å². The number of imidazole rings is 1. The van der Waals surface area contributed by atoms with Crippen molar-refractivity contribution in [3.63, 3.8) is 0 Å². The highest BCUT2D eigenvalue weighted by Gasteiger charge is 2.50. The minimum absolute atomic E-state index is 0.177. The van der Waals surface area contributed by atoms with Crippen LogP contribution in [-0.2, 0) is 16.0 Å². The Bertz CT molecular complexity index is 958. The van der Waals surface area contributed by atoms with Crippen LogP contribution in [0.15, 0.2) is 54.9 Å². The molecular weight excluding hydrogens is 358 g/mol. The minimum atomic E-state index is -0.665. The van der Waals surface area contributed by atoms with Crippen molar-refractivity contribution in [3.05, 3.63) is 60.4 Å². The Kier molecular flexibility index (Phi) is 4.52. The third-order valence-corrected chi connectivity index (χ3v) is 5.63. The minimum Gasteiger partial charge on any atom is -0.497 e. The standard InChI is InChI=1S/C21H23N3O4/c1-26-14-8-6-13(7-9-14)10-22-18-17-11-27-21(28-17)19(20(18)25)24-12-23-15-4-2-3-5-16(15)24/h2-9,12,17-22,25H,10-11H2,1H3/t17-,18-,19-,20+,21-/m1/s1. The van der Waals surface area contributed by atoms with Crippen LogP contribution in [0, 0.1) is 0 Å². The van der Waals surface area contributed by atoms with Gasteiger partial charge in [-0.05, 0) is 29.8 Å². The van der Waals surface area contributed by atoms with E-state index in [9.17, 15) is 5.11 Å². The van der Waals surface area contributed by atoms with Crippen LogP contribution < -0.4 is 10.1 Å². The molecule has 7 heteroatoms. The molecule has 2 aliphatic rings. The molecular formula is C21H23N3O4. The molecule has 3 heterocycles. The van der Waals surface area contributed by atoms with E-state index in [-0.39, 0.29) is 18.2 Å². The molecule has 0 amide bonds. The summed E-state index contributed by atoms with van der Waals surface area (Å²) in [4.78, 5) is 4.45. The van der Waals surface area contributed by atoms with Crippen LogP contribution in [0.4, 0.5) is 0 Å². The average Bonchev–Trinajstić information content (AvgIpc) is 3.35. The van der Waals surface area contributed by atoms with E-state index >= 15 is 0 Å². The summed E-state index contributed by atoms with van der Waals surface area (Å²) in [6.45, 7) is 1.08. The Balaban J connectivity index is 1.38. The molecule has 2 bridgehead atoms. The summed E-state index contributed by atoms with van der Waals surface area (Å²) < 4.78 is 19.1. The first-order chi connectivity index (χ1) is 13.7. The number of rotatable bonds is 5. The summed E-state index contributed by atoms with van der Waals surface area (Å²) >= 11 is 0. The molecule has 3 aromatic rings. The monoisotopic (exact) mass is 381 g/mol. The smallest absolute Gasteiger partial charge is 0.181 e. The normalized spacial score (nSPS) is 29.3. The number of fused-ring (bicyclic) bond motifs is 3. The van der Waals surface area contributed by atoms with Crippen molar-refractivity contribution in [1.29, 1.82) is 0 Å². The molecule has 28 heavy (non-hydrogen) atoms. The molecule has 2 saturated heterocycles. The highest BCUT2D eigenvalue weighted by Crippen LogP contribution is 2.37. The lowest BCUT2D eigenvalue weighted by molar-refractivity contribution is -0.164. The Morgan fingerprint density at radius 1 is 1.21 bits per heavy atom. The number of benzene rings is 2. The van der Waals surface area contributed by atoms with E-state index in [1.807, 2.05) is 53.1 Å². The van der Waals surface area contributed by atoms with Crippen LogP contribution in [0.3, 0.4) is 0 Å². The first kappa shape index (κ1) is 17.6. The lowest BCUT2D eigenvalue weighted by Crippen LogP contribution is -2.57. The Morgan fingerprint density at radius 3 is 2.86 bits per heavy atom. The second-order valence-electron chi connectivity index (χ2n) is 7.25. The van der Waals surface area contributed by atoms with Gasteiger partial charge in [0.1, 0.15) is 17.9 Å². The van der Waals surface area contributed by atoms with Gasteiger partial charge >= 0.3 is 0 Å². The van der Waals surface area contributed by atoms with Gasteiger partial charge in [-0.25, -0.2) is 4.98 Å². The van der Waals surface area contributed by atoms with Gasteiger partial charge in [0.25, 0.3) is 0 Å². The second-order valence-corrected chi connectivity index (χ2v) is 7.25. The molecule has 0 aliphatic carbocycles. The lowest BCUT2D eigenvalue weighted by atomic mass is 9.95. The highest BCUT2D eigenvalue weighted by molar-refractivity contribution is 5.75. The van der Waals surface area contributed by atoms with Crippen molar-refractivity contribution in [2.45, 2.75) is 37.1 Å². The van der Waals surface area contributed by atoms with Crippen LogP contribution >= 0.6 is 0 Å². The first-order valence-electron chi connectivity index (χ1n) is 9.47. The van der Waals surface area contributed by atoms with Crippen LogP contribution in [0.2, 0.25) is 0 Å². The summed E-state index contributed by atoms with van der Waals surface area (Å²) in [6.07, 6.45) is 0.438. The zero-order valence-electron chi connectivity index (χ0n) is 15.6. The number of para-hydroxylation sites is 2. The Morgan fingerprint density at radius 2 is 2.04 bits per heavy atom. The Hall–Kier alpha value is -2.45. The van der Waals surface area contributed by atoms with Crippen molar-refractivity contribution in [2.24, 2.45) is 0 Å². The number of nitrogens with one attached hydrogen (secondary N) is 1. The lowest BCUT2D eigenvalue weighted by Gasteiger charge is -2.39. The van der Waals surface area contributed by atoms with Gasteiger partial charge < -0.3 is 29.2 Å². The second kappa shape index (κ2) is 7.18. The maximum atomic E-state index is 11.2. The number of aliphatic hydroxyl groups is 1. The van der Waals surface area contributed by atoms with Crippen molar-refractivity contribution in [3.8, 4) is 5.75 Å². The fourth-order valence-electron chi connectivity index (χ4n) is 4.14. The van der Waals surface area contributed by atoms with Gasteiger partial charge in [-0.2, -0.15) is 0 Å². The van der Waals surface area contributed by atoms with E-state index in [0.717, 1.165) is 22.3 Å². The number of methoxy groups -OCH3 is 1. The summed E-state index contributed by atoms with van der Waals surface area (Å²) in [6, 6.07) is 15.2. The zero-order chi connectivity index (χ0) is 19.1. The molecule has 2 aromatic carbocycles. The molecule has 5 atom stereocenters. The van der Waals surface area contributed by atoms with Gasteiger partial charge in [0.15, 0.2) is 6.29 Å². The molecule has 146 valence electrons. The predicted octanol–water partition coefficient (Wildman–Crippen LogP) is 1.86. The van der Waals surface area contributed by atoms with Crippen molar-refractivity contribution in [1.82, 2.24) is 14.9 Å². The molecule has 2 aliphatic heterocycles. The summed E-state index contributed by atoms with van der Waals surface area (Å²) in [5, 5.41) is 14.7. The maximum absolute atomic E-state index is 11.2. The van der Waals surface area contributed by atoms with E-state index in [0.29, 0.717) is 13.2 Å². The SMILES string of the molecule is COc1ccc(CN[C@H]2[C@H](O)[C@@H](n3cnc4ccccc43)[C@@H]3OC[C@H]2O3)cc1. The molecule has 2 N–H and O–H groups in total. The van der Waals surface area contributed by atoms with E-state index in [4.69, 9.17) is 14.2 Å². The fourth-order valence-corrected chi connectivity index (χ4v) is 4.14. The quantitative estimate of drug-likeness (QED) is 0.703. The summed E-state index contributed by atoms with van der Waals surface area (Å²) in [7, 11) is 1.65. The topological polar surface area (TPSA) is 77.8 Å². The van der Waals surface area contributed by atoms with Gasteiger partial charge in [0.05, 0.1) is 43.2 Å². The van der Waals surface area contributed by atoms with Crippen LogP contribution in [0.1, 0.15) is 11.6 Å². The first-order valence-corrected chi connectivity index (χ1v) is 9.47. The van der Waals surface area contributed by atoms with E-state index in [1.54, 1.807) is 13.4 Å². The van der Waals surface area contributed by atoms with Gasteiger partial charge in [0.2, 0.25) is 0 Å². The molecule has 5 rings (SSSR count). The molecule has 0 unspecified atom stereocenters. The number of aliphatic hydroxyl groups excluding tert-OH is 1.